The van der Waals surface area contributed by atoms with Gasteiger partial charge in [-0.05, 0) is 24.3 Å². The first kappa shape index (κ1) is 17.0. The van der Waals surface area contributed by atoms with Crippen LogP contribution >= 0.6 is 0 Å². The summed E-state index contributed by atoms with van der Waals surface area (Å²) in [6.45, 7) is 0.822. The topological polar surface area (TPSA) is 77.8 Å². The van der Waals surface area contributed by atoms with Crippen LogP contribution in [0.15, 0.2) is 54.6 Å². The fourth-order valence-electron chi connectivity index (χ4n) is 3.18. The zero-order chi connectivity index (χ0) is 19.0. The predicted molar refractivity (Wildman–Crippen MR) is 96.2 cm³/mol. The maximum Gasteiger partial charge on any atom is 0.380 e. The zero-order valence-corrected chi connectivity index (χ0v) is 14.5. The third kappa shape index (κ3) is 2.78. The lowest BCUT2D eigenvalue weighted by Gasteiger charge is -2.14. The molecule has 0 radical (unpaired) electrons. The van der Waals surface area contributed by atoms with Gasteiger partial charge in [-0.3, -0.25) is 9.59 Å². The second kappa shape index (κ2) is 6.69. The number of fused-ring (bicyclic) bond motifs is 2. The second-order valence-electron chi connectivity index (χ2n) is 6.06. The summed E-state index contributed by atoms with van der Waals surface area (Å²) in [4.78, 5) is 42.8. The van der Waals surface area contributed by atoms with Crippen molar-refractivity contribution in [3.63, 3.8) is 0 Å². The van der Waals surface area contributed by atoms with Crippen molar-refractivity contribution >= 4 is 28.7 Å². The number of benzene rings is 2. The Hall–Kier alpha value is -3.45. The van der Waals surface area contributed by atoms with Crippen molar-refractivity contribution in [2.24, 2.45) is 0 Å². The number of imide groups is 1. The van der Waals surface area contributed by atoms with Crippen molar-refractivity contribution in [1.82, 2.24) is 9.63 Å². The van der Waals surface area contributed by atoms with Crippen molar-refractivity contribution in [3.8, 4) is 0 Å². The van der Waals surface area contributed by atoms with Gasteiger partial charge >= 0.3 is 5.97 Å². The monoisotopic (exact) mass is 364 g/mol. The summed E-state index contributed by atoms with van der Waals surface area (Å²) in [5.74, 6) is -2.08. The Labute approximate surface area is 154 Å². The van der Waals surface area contributed by atoms with Crippen LogP contribution in [0.1, 0.15) is 31.2 Å². The Morgan fingerprint density at radius 3 is 2.26 bits per heavy atom. The molecule has 1 aliphatic rings. The maximum atomic E-state index is 12.8. The van der Waals surface area contributed by atoms with E-state index in [4.69, 9.17) is 9.57 Å². The third-order valence-corrected chi connectivity index (χ3v) is 4.47. The van der Waals surface area contributed by atoms with Gasteiger partial charge in [0.2, 0.25) is 0 Å². The molecule has 2 amide bonds. The van der Waals surface area contributed by atoms with E-state index in [0.717, 1.165) is 10.9 Å². The van der Waals surface area contributed by atoms with Crippen LogP contribution in [0.3, 0.4) is 0 Å². The van der Waals surface area contributed by atoms with Crippen LogP contribution in [0, 0.1) is 0 Å². The Morgan fingerprint density at radius 2 is 1.59 bits per heavy atom. The summed E-state index contributed by atoms with van der Waals surface area (Å²) in [5.41, 5.74) is 1.51. The van der Waals surface area contributed by atoms with Crippen LogP contribution in [0.25, 0.3) is 10.9 Å². The van der Waals surface area contributed by atoms with E-state index in [1.54, 1.807) is 29.9 Å². The second-order valence-corrected chi connectivity index (χ2v) is 6.06. The minimum Gasteiger partial charge on any atom is -0.383 e. The lowest BCUT2D eigenvalue weighted by molar-refractivity contribution is -0.0591. The van der Waals surface area contributed by atoms with E-state index in [9.17, 15) is 14.4 Å². The first-order chi connectivity index (χ1) is 13.1. The molecule has 7 nitrogen and oxygen atoms in total. The first-order valence-corrected chi connectivity index (χ1v) is 8.39. The highest BCUT2D eigenvalue weighted by atomic mass is 16.7. The highest BCUT2D eigenvalue weighted by Gasteiger charge is 2.39. The third-order valence-electron chi connectivity index (χ3n) is 4.47. The molecule has 7 heteroatoms. The van der Waals surface area contributed by atoms with Gasteiger partial charge < -0.3 is 14.1 Å². The molecule has 0 spiro atoms. The number of rotatable bonds is 5. The number of methoxy groups -OCH3 is 1. The molecule has 2 aromatic carbocycles. The average Bonchev–Trinajstić information content (AvgIpc) is 3.18. The van der Waals surface area contributed by atoms with Crippen molar-refractivity contribution in [2.45, 2.75) is 6.54 Å². The summed E-state index contributed by atoms with van der Waals surface area (Å²) < 4.78 is 6.87. The van der Waals surface area contributed by atoms with Crippen LogP contribution in [0.5, 0.6) is 0 Å². The molecule has 27 heavy (non-hydrogen) atoms. The number of hydrogen-bond acceptors (Lipinski definition) is 5. The number of nitrogens with zero attached hydrogens (tertiary/aromatic N) is 2. The van der Waals surface area contributed by atoms with Gasteiger partial charge in [-0.25, -0.2) is 4.79 Å². The molecule has 1 aliphatic heterocycles. The summed E-state index contributed by atoms with van der Waals surface area (Å²) in [6.07, 6.45) is 0. The molecule has 0 fully saturated rings. The Kier molecular flexibility index (Phi) is 4.21. The SMILES string of the molecule is COCCn1c(C(=O)ON2C(=O)c3ccccc3C2=O)cc2ccccc21. The minimum absolute atomic E-state index is 0.218. The molecule has 0 aliphatic carbocycles. The van der Waals surface area contributed by atoms with Gasteiger partial charge in [-0.1, -0.05) is 35.4 Å². The summed E-state index contributed by atoms with van der Waals surface area (Å²) in [7, 11) is 1.57. The maximum absolute atomic E-state index is 12.8. The van der Waals surface area contributed by atoms with Crippen LogP contribution in [-0.2, 0) is 16.1 Å². The standard InChI is InChI=1S/C20H16N2O5/c1-26-11-10-21-16-9-5-2-6-13(16)12-17(21)20(25)27-22-18(23)14-7-3-4-8-15(14)19(22)24/h2-9,12H,10-11H2,1H3. The lowest BCUT2D eigenvalue weighted by Crippen LogP contribution is -2.33. The first-order valence-electron chi connectivity index (χ1n) is 8.39. The number of aromatic nitrogens is 1. The van der Waals surface area contributed by atoms with Crippen molar-refractivity contribution < 1.29 is 24.0 Å². The zero-order valence-electron chi connectivity index (χ0n) is 14.5. The quantitative estimate of drug-likeness (QED) is 0.651. The van der Waals surface area contributed by atoms with Gasteiger partial charge in [0, 0.05) is 24.6 Å². The molecular formula is C20H16N2O5. The molecule has 0 atom stereocenters. The summed E-state index contributed by atoms with van der Waals surface area (Å²) >= 11 is 0. The Morgan fingerprint density at radius 1 is 0.963 bits per heavy atom. The van der Waals surface area contributed by atoms with Gasteiger partial charge in [-0.15, -0.1) is 0 Å². The minimum atomic E-state index is -0.781. The van der Waals surface area contributed by atoms with E-state index in [1.807, 2.05) is 24.3 Å². The fourth-order valence-corrected chi connectivity index (χ4v) is 3.18. The molecule has 136 valence electrons. The Bertz CT molecular complexity index is 1030. The molecule has 0 unspecified atom stereocenters. The molecule has 0 N–H and O–H groups in total. The van der Waals surface area contributed by atoms with E-state index in [2.05, 4.69) is 0 Å². The average molecular weight is 364 g/mol. The normalized spacial score (nSPS) is 13.3. The van der Waals surface area contributed by atoms with Gasteiger partial charge in [-0.2, -0.15) is 0 Å². The highest BCUT2D eigenvalue weighted by Crippen LogP contribution is 2.25. The van der Waals surface area contributed by atoms with Gasteiger partial charge in [0.25, 0.3) is 11.8 Å². The molecule has 1 aromatic heterocycles. The number of para-hydroxylation sites is 1. The molecule has 0 bridgehead atoms. The smallest absolute Gasteiger partial charge is 0.380 e. The number of hydrogen-bond donors (Lipinski definition) is 0. The van der Waals surface area contributed by atoms with Crippen molar-refractivity contribution in [2.75, 3.05) is 13.7 Å². The number of ether oxygens (including phenoxy) is 1. The van der Waals surface area contributed by atoms with Crippen LogP contribution in [-0.4, -0.2) is 41.1 Å². The summed E-state index contributed by atoms with van der Waals surface area (Å²) in [6, 6.07) is 15.5. The highest BCUT2D eigenvalue weighted by molar-refractivity contribution is 6.21. The fraction of sp³-hybridized carbons (Fsp3) is 0.150. The molecule has 0 saturated carbocycles. The van der Waals surface area contributed by atoms with Crippen LogP contribution in [0.2, 0.25) is 0 Å². The van der Waals surface area contributed by atoms with E-state index in [1.165, 1.54) is 12.1 Å². The molecule has 2 heterocycles. The number of amides is 2. The number of carbonyl (C=O) groups excluding carboxylic acids is 3. The van der Waals surface area contributed by atoms with E-state index < -0.39 is 17.8 Å². The van der Waals surface area contributed by atoms with Gasteiger partial charge in [0.05, 0.1) is 17.7 Å². The largest absolute Gasteiger partial charge is 0.383 e. The molecule has 4 rings (SSSR count). The van der Waals surface area contributed by atoms with Crippen LogP contribution < -0.4 is 0 Å². The number of carbonyl (C=O) groups is 3. The van der Waals surface area contributed by atoms with E-state index in [-0.39, 0.29) is 16.8 Å². The van der Waals surface area contributed by atoms with Gasteiger partial charge in [0.15, 0.2) is 0 Å². The van der Waals surface area contributed by atoms with Crippen LogP contribution in [0.4, 0.5) is 0 Å². The van der Waals surface area contributed by atoms with Gasteiger partial charge in [0.1, 0.15) is 5.69 Å². The lowest BCUT2D eigenvalue weighted by atomic mass is 10.1. The molecule has 3 aromatic rings. The molecular weight excluding hydrogens is 348 g/mol. The number of hydroxylamine groups is 2. The van der Waals surface area contributed by atoms with E-state index >= 15 is 0 Å². The molecule has 0 saturated heterocycles. The predicted octanol–water partition coefficient (Wildman–Crippen LogP) is 2.66. The van der Waals surface area contributed by atoms with E-state index in [0.29, 0.717) is 18.2 Å². The Balaban J connectivity index is 1.66. The summed E-state index contributed by atoms with van der Waals surface area (Å²) in [5, 5.41) is 1.37. The van der Waals surface area contributed by atoms with Crippen molar-refractivity contribution in [1.29, 1.82) is 0 Å². The van der Waals surface area contributed by atoms with Crippen molar-refractivity contribution in [3.05, 3.63) is 71.4 Å².